The molecule has 1 aliphatic rings. The molecule has 1 saturated heterocycles. The predicted octanol–water partition coefficient (Wildman–Crippen LogP) is 1.98. The number of aliphatic hydroxyl groups excluding tert-OH is 1. The van der Waals surface area contributed by atoms with Crippen molar-refractivity contribution in [3.8, 4) is 0 Å². The third kappa shape index (κ3) is 3.96. The molecule has 23 heavy (non-hydrogen) atoms. The van der Waals surface area contributed by atoms with Crippen LogP contribution in [0.25, 0.3) is 0 Å². The summed E-state index contributed by atoms with van der Waals surface area (Å²) in [5, 5.41) is 14.3. The van der Waals surface area contributed by atoms with Crippen molar-refractivity contribution in [2.45, 2.75) is 31.7 Å². The van der Waals surface area contributed by atoms with E-state index in [9.17, 15) is 9.50 Å². The summed E-state index contributed by atoms with van der Waals surface area (Å²) < 4.78 is 20.4. The van der Waals surface area contributed by atoms with Gasteiger partial charge in [0.05, 0.1) is 25.5 Å². The highest BCUT2D eigenvalue weighted by molar-refractivity contribution is 5.22. The fraction of sp³-hybridized carbons (Fsp3) is 0.471. The highest BCUT2D eigenvalue weighted by Crippen LogP contribution is 2.33. The Morgan fingerprint density at radius 1 is 1.43 bits per heavy atom. The van der Waals surface area contributed by atoms with Gasteiger partial charge in [0.25, 0.3) is 0 Å². The molecule has 1 N–H and O–H groups in total. The van der Waals surface area contributed by atoms with Gasteiger partial charge in [-0.2, -0.15) is 5.10 Å². The second kappa shape index (κ2) is 7.21. The van der Waals surface area contributed by atoms with E-state index in [0.29, 0.717) is 32.7 Å². The van der Waals surface area contributed by atoms with Crippen LogP contribution in [0, 0.1) is 5.82 Å². The number of hydrogen-bond acceptors (Lipinski definition) is 4. The van der Waals surface area contributed by atoms with E-state index in [-0.39, 0.29) is 18.0 Å². The van der Waals surface area contributed by atoms with Gasteiger partial charge in [-0.25, -0.2) is 4.39 Å². The molecular weight excluding hydrogens is 297 g/mol. The molecule has 1 aromatic carbocycles. The summed E-state index contributed by atoms with van der Waals surface area (Å²) in [6.07, 6.45) is 4.07. The Labute approximate surface area is 135 Å². The van der Waals surface area contributed by atoms with Gasteiger partial charge in [0, 0.05) is 38.0 Å². The molecule has 0 unspecified atom stereocenters. The molecule has 1 aromatic heterocycles. The molecule has 5 nitrogen and oxygen atoms in total. The van der Waals surface area contributed by atoms with Gasteiger partial charge < -0.3 is 9.84 Å². The molecule has 0 aliphatic carbocycles. The topological polar surface area (TPSA) is 50.5 Å². The molecule has 0 saturated carbocycles. The van der Waals surface area contributed by atoms with Gasteiger partial charge in [-0.1, -0.05) is 12.1 Å². The average molecular weight is 319 g/mol. The largest absolute Gasteiger partial charge is 0.392 e. The minimum Gasteiger partial charge on any atom is -0.392 e. The highest BCUT2D eigenvalue weighted by atomic mass is 19.1. The molecule has 0 bridgehead atoms. The Balaban J connectivity index is 1.71. The second-order valence-electron chi connectivity index (χ2n) is 5.99. The normalized spacial score (nSPS) is 21.9. The summed E-state index contributed by atoms with van der Waals surface area (Å²) in [7, 11) is 1.67. The van der Waals surface area contributed by atoms with Crippen molar-refractivity contribution in [2.24, 2.45) is 0 Å². The van der Waals surface area contributed by atoms with Crippen LogP contribution in [0.2, 0.25) is 0 Å². The van der Waals surface area contributed by atoms with E-state index in [2.05, 4.69) is 10.00 Å². The van der Waals surface area contributed by atoms with Crippen molar-refractivity contribution >= 4 is 0 Å². The van der Waals surface area contributed by atoms with Crippen LogP contribution in [0.1, 0.15) is 23.6 Å². The number of halogens is 1. The summed E-state index contributed by atoms with van der Waals surface area (Å²) in [5.74, 6) is -0.240. The van der Waals surface area contributed by atoms with Gasteiger partial charge in [0.2, 0.25) is 0 Å². The van der Waals surface area contributed by atoms with Gasteiger partial charge in [-0.05, 0) is 24.1 Å². The van der Waals surface area contributed by atoms with E-state index >= 15 is 0 Å². The zero-order valence-electron chi connectivity index (χ0n) is 13.2. The first kappa shape index (κ1) is 16.1. The second-order valence-corrected chi connectivity index (χ2v) is 5.99. The first-order chi connectivity index (χ1) is 11.2. The Kier molecular flexibility index (Phi) is 5.05. The van der Waals surface area contributed by atoms with E-state index in [1.54, 1.807) is 19.2 Å². The average Bonchev–Trinajstić information content (AvgIpc) is 3.12. The van der Waals surface area contributed by atoms with Gasteiger partial charge in [0.1, 0.15) is 5.82 Å². The van der Waals surface area contributed by atoms with Gasteiger partial charge in [-0.3, -0.25) is 9.58 Å². The van der Waals surface area contributed by atoms with Crippen molar-refractivity contribution in [3.05, 3.63) is 53.6 Å². The summed E-state index contributed by atoms with van der Waals surface area (Å²) in [5.41, 5.74) is 1.99. The minimum atomic E-state index is -0.383. The van der Waals surface area contributed by atoms with Crippen LogP contribution in [-0.4, -0.2) is 46.2 Å². The maximum Gasteiger partial charge on any atom is 0.123 e. The lowest BCUT2D eigenvalue weighted by Crippen LogP contribution is -2.24. The van der Waals surface area contributed by atoms with E-state index in [4.69, 9.17) is 4.74 Å². The fourth-order valence-electron chi connectivity index (χ4n) is 3.14. The number of β-amino-alcohol motifs (C(OH)–C–C–N with tert-alkyl or cyclic N) is 1. The van der Waals surface area contributed by atoms with E-state index in [1.807, 2.05) is 23.1 Å². The molecule has 2 heterocycles. The summed E-state index contributed by atoms with van der Waals surface area (Å²) >= 11 is 0. The zero-order valence-corrected chi connectivity index (χ0v) is 13.2. The van der Waals surface area contributed by atoms with E-state index in [0.717, 1.165) is 11.1 Å². The van der Waals surface area contributed by atoms with Crippen molar-refractivity contribution in [1.29, 1.82) is 0 Å². The molecule has 3 rings (SSSR count). The number of aliphatic hydroxyl groups is 1. The quantitative estimate of drug-likeness (QED) is 0.884. The molecule has 2 atom stereocenters. The Bertz CT molecular complexity index is 646. The van der Waals surface area contributed by atoms with Crippen LogP contribution in [0.5, 0.6) is 0 Å². The SMILES string of the molecule is COCCn1cc(CN2C[C@@H](O)C[C@H]2c2cccc(F)c2)cn1. The van der Waals surface area contributed by atoms with Gasteiger partial charge in [0.15, 0.2) is 0 Å². The van der Waals surface area contributed by atoms with Crippen LogP contribution < -0.4 is 0 Å². The van der Waals surface area contributed by atoms with Crippen molar-refractivity contribution < 1.29 is 14.2 Å². The van der Waals surface area contributed by atoms with Crippen LogP contribution in [-0.2, 0) is 17.8 Å². The lowest BCUT2D eigenvalue weighted by Gasteiger charge is -2.23. The number of methoxy groups -OCH3 is 1. The number of nitrogens with zero attached hydrogens (tertiary/aromatic N) is 3. The molecule has 124 valence electrons. The molecule has 2 aromatic rings. The smallest absolute Gasteiger partial charge is 0.123 e. The predicted molar refractivity (Wildman–Crippen MR) is 84.3 cm³/mol. The third-order valence-corrected chi connectivity index (χ3v) is 4.21. The summed E-state index contributed by atoms with van der Waals surface area (Å²) in [4.78, 5) is 2.18. The van der Waals surface area contributed by atoms with Crippen LogP contribution in [0.3, 0.4) is 0 Å². The van der Waals surface area contributed by atoms with Crippen LogP contribution >= 0.6 is 0 Å². The Hall–Kier alpha value is -1.76. The molecule has 0 spiro atoms. The number of benzene rings is 1. The maximum atomic E-state index is 13.5. The first-order valence-corrected chi connectivity index (χ1v) is 7.83. The fourth-order valence-corrected chi connectivity index (χ4v) is 3.14. The van der Waals surface area contributed by atoms with E-state index < -0.39 is 0 Å². The molecule has 1 fully saturated rings. The number of ether oxygens (including phenoxy) is 1. The van der Waals surface area contributed by atoms with Gasteiger partial charge >= 0.3 is 0 Å². The number of likely N-dealkylation sites (tertiary alicyclic amines) is 1. The van der Waals surface area contributed by atoms with Gasteiger partial charge in [-0.15, -0.1) is 0 Å². The summed E-state index contributed by atoms with van der Waals surface area (Å²) in [6, 6.07) is 6.66. The Morgan fingerprint density at radius 2 is 2.30 bits per heavy atom. The van der Waals surface area contributed by atoms with Crippen molar-refractivity contribution in [1.82, 2.24) is 14.7 Å². The number of rotatable bonds is 6. The molecular formula is C17H22FN3O2. The number of aromatic nitrogens is 2. The molecule has 1 aliphatic heterocycles. The molecule has 6 heteroatoms. The van der Waals surface area contributed by atoms with Crippen LogP contribution in [0.15, 0.2) is 36.7 Å². The lowest BCUT2D eigenvalue weighted by molar-refractivity contribution is 0.172. The standard InChI is InChI=1S/C17H22FN3O2/c1-23-6-5-21-11-13(9-19-21)10-20-12-16(22)8-17(20)14-3-2-4-15(18)7-14/h2-4,7,9,11,16-17,22H,5-6,8,10,12H2,1H3/t16-,17-/m0/s1. The molecule has 0 amide bonds. The zero-order chi connectivity index (χ0) is 16.2. The third-order valence-electron chi connectivity index (χ3n) is 4.21. The monoisotopic (exact) mass is 319 g/mol. The van der Waals surface area contributed by atoms with Crippen LogP contribution in [0.4, 0.5) is 4.39 Å². The first-order valence-electron chi connectivity index (χ1n) is 7.83. The van der Waals surface area contributed by atoms with Crippen molar-refractivity contribution in [3.63, 3.8) is 0 Å². The lowest BCUT2D eigenvalue weighted by atomic mass is 10.0. The Morgan fingerprint density at radius 3 is 3.09 bits per heavy atom. The minimum absolute atomic E-state index is 0.0306. The summed E-state index contributed by atoms with van der Waals surface area (Å²) in [6.45, 7) is 2.61. The number of hydrogen-bond donors (Lipinski definition) is 1. The highest BCUT2D eigenvalue weighted by Gasteiger charge is 2.32. The maximum absolute atomic E-state index is 13.5. The van der Waals surface area contributed by atoms with E-state index in [1.165, 1.54) is 6.07 Å². The molecule has 0 radical (unpaired) electrons. The van der Waals surface area contributed by atoms with Crippen molar-refractivity contribution in [2.75, 3.05) is 20.3 Å².